The van der Waals surface area contributed by atoms with E-state index >= 15 is 0 Å². The highest BCUT2D eigenvalue weighted by molar-refractivity contribution is 5.27. The summed E-state index contributed by atoms with van der Waals surface area (Å²) in [5, 5.41) is 10.0. The highest BCUT2D eigenvalue weighted by Crippen LogP contribution is 2.26. The van der Waals surface area contributed by atoms with Gasteiger partial charge in [-0.15, -0.1) is 0 Å². The summed E-state index contributed by atoms with van der Waals surface area (Å²) >= 11 is 0. The fraction of sp³-hybridized carbons (Fsp3) is 0.583. The van der Waals surface area contributed by atoms with Gasteiger partial charge in [0.1, 0.15) is 0 Å². The number of hydrogen-bond donors (Lipinski definition) is 1. The van der Waals surface area contributed by atoms with Crippen LogP contribution in [0, 0.1) is 19.8 Å². The van der Waals surface area contributed by atoms with Crippen LogP contribution in [0.4, 0.5) is 0 Å². The second-order valence-electron chi connectivity index (χ2n) is 4.01. The molecule has 0 aliphatic carbocycles. The van der Waals surface area contributed by atoms with E-state index in [0.29, 0.717) is 5.92 Å². The first-order chi connectivity index (χ1) is 6.56. The first-order valence-corrected chi connectivity index (χ1v) is 5.17. The number of nitrogens with zero attached hydrogens (tertiary/aromatic N) is 1. The minimum absolute atomic E-state index is 0.290. The predicted octanol–water partition coefficient (Wildman–Crippen LogP) is 2.78. The van der Waals surface area contributed by atoms with E-state index < -0.39 is 0 Å². The van der Waals surface area contributed by atoms with Gasteiger partial charge >= 0.3 is 0 Å². The van der Waals surface area contributed by atoms with Gasteiger partial charge in [0.25, 0.3) is 0 Å². The van der Waals surface area contributed by atoms with Gasteiger partial charge in [-0.1, -0.05) is 20.3 Å². The molecule has 78 valence electrons. The van der Waals surface area contributed by atoms with Gasteiger partial charge in [0, 0.05) is 17.5 Å². The number of aryl methyl sites for hydroxylation is 2. The molecule has 1 N–H and O–H groups in total. The van der Waals surface area contributed by atoms with Crippen LogP contribution in [0.25, 0.3) is 0 Å². The third-order valence-electron chi connectivity index (χ3n) is 2.79. The van der Waals surface area contributed by atoms with E-state index in [-0.39, 0.29) is 6.10 Å². The standard InChI is InChI=1S/C12H19NO/c1-5-8(2)12(14)11-7-13-10(4)6-9(11)3/h6-8,12,14H,5H2,1-4H3. The Labute approximate surface area is 86.0 Å². The molecule has 1 heterocycles. The molecule has 2 atom stereocenters. The molecule has 1 aromatic rings. The summed E-state index contributed by atoms with van der Waals surface area (Å²) in [5.41, 5.74) is 3.10. The predicted molar refractivity (Wildman–Crippen MR) is 58.1 cm³/mol. The maximum Gasteiger partial charge on any atom is 0.0832 e. The minimum Gasteiger partial charge on any atom is -0.388 e. The molecule has 1 rings (SSSR count). The van der Waals surface area contributed by atoms with Gasteiger partial charge in [0.15, 0.2) is 0 Å². The molecule has 0 spiro atoms. The SMILES string of the molecule is CCC(C)C(O)c1cnc(C)cc1C. The Balaban J connectivity index is 2.95. The van der Waals surface area contributed by atoms with Crippen molar-refractivity contribution in [2.24, 2.45) is 5.92 Å². The molecule has 0 saturated heterocycles. The van der Waals surface area contributed by atoms with E-state index in [4.69, 9.17) is 0 Å². The number of hydrogen-bond acceptors (Lipinski definition) is 2. The highest BCUT2D eigenvalue weighted by Gasteiger charge is 2.16. The lowest BCUT2D eigenvalue weighted by Crippen LogP contribution is -2.10. The summed E-state index contributed by atoms with van der Waals surface area (Å²) in [7, 11) is 0. The lowest BCUT2D eigenvalue weighted by molar-refractivity contribution is 0.114. The summed E-state index contributed by atoms with van der Waals surface area (Å²) in [5.74, 6) is 0.290. The Hall–Kier alpha value is -0.890. The largest absolute Gasteiger partial charge is 0.388 e. The number of pyridine rings is 1. The van der Waals surface area contributed by atoms with E-state index in [1.807, 2.05) is 19.9 Å². The molecule has 0 saturated carbocycles. The number of aliphatic hydroxyl groups excluding tert-OH is 1. The first kappa shape index (κ1) is 11.2. The fourth-order valence-corrected chi connectivity index (χ4v) is 1.55. The zero-order valence-corrected chi connectivity index (χ0v) is 9.41. The van der Waals surface area contributed by atoms with Crippen molar-refractivity contribution >= 4 is 0 Å². The van der Waals surface area contributed by atoms with E-state index in [0.717, 1.165) is 23.2 Å². The van der Waals surface area contributed by atoms with Crippen LogP contribution in [0.15, 0.2) is 12.3 Å². The van der Waals surface area contributed by atoms with Crippen LogP contribution in [0.5, 0.6) is 0 Å². The third-order valence-corrected chi connectivity index (χ3v) is 2.79. The van der Waals surface area contributed by atoms with E-state index in [1.54, 1.807) is 6.20 Å². The maximum atomic E-state index is 10.0. The van der Waals surface area contributed by atoms with Crippen LogP contribution in [0.1, 0.15) is 43.2 Å². The lowest BCUT2D eigenvalue weighted by atomic mass is 9.93. The van der Waals surface area contributed by atoms with Crippen molar-refractivity contribution < 1.29 is 5.11 Å². The van der Waals surface area contributed by atoms with Gasteiger partial charge in [-0.25, -0.2) is 0 Å². The maximum absolute atomic E-state index is 10.0. The van der Waals surface area contributed by atoms with Gasteiger partial charge in [-0.3, -0.25) is 4.98 Å². The second kappa shape index (κ2) is 4.56. The number of aromatic nitrogens is 1. The highest BCUT2D eigenvalue weighted by atomic mass is 16.3. The molecule has 2 unspecified atom stereocenters. The van der Waals surface area contributed by atoms with Crippen LogP contribution < -0.4 is 0 Å². The van der Waals surface area contributed by atoms with Crippen LogP contribution in [0.3, 0.4) is 0 Å². The van der Waals surface area contributed by atoms with Crippen molar-refractivity contribution in [3.63, 3.8) is 0 Å². The molecule has 0 radical (unpaired) electrons. The van der Waals surface area contributed by atoms with Crippen LogP contribution in [0.2, 0.25) is 0 Å². The minimum atomic E-state index is -0.381. The van der Waals surface area contributed by atoms with Crippen molar-refractivity contribution in [2.45, 2.75) is 40.2 Å². The van der Waals surface area contributed by atoms with Crippen molar-refractivity contribution in [2.75, 3.05) is 0 Å². The third kappa shape index (κ3) is 2.32. The van der Waals surface area contributed by atoms with Crippen molar-refractivity contribution in [1.82, 2.24) is 4.98 Å². The van der Waals surface area contributed by atoms with Crippen molar-refractivity contribution in [3.05, 3.63) is 29.1 Å². The van der Waals surface area contributed by atoms with Crippen LogP contribution in [-0.4, -0.2) is 10.1 Å². The molecule has 0 aliphatic rings. The van der Waals surface area contributed by atoms with Gasteiger partial charge in [-0.05, 0) is 31.4 Å². The van der Waals surface area contributed by atoms with E-state index in [1.165, 1.54) is 0 Å². The smallest absolute Gasteiger partial charge is 0.0832 e. The van der Waals surface area contributed by atoms with E-state index in [9.17, 15) is 5.11 Å². The van der Waals surface area contributed by atoms with Gasteiger partial charge < -0.3 is 5.11 Å². The van der Waals surface area contributed by atoms with Crippen molar-refractivity contribution in [3.8, 4) is 0 Å². The molecule has 1 aromatic heterocycles. The van der Waals surface area contributed by atoms with Crippen molar-refractivity contribution in [1.29, 1.82) is 0 Å². The summed E-state index contributed by atoms with van der Waals surface area (Å²) < 4.78 is 0. The van der Waals surface area contributed by atoms with Crippen LogP contribution >= 0.6 is 0 Å². The summed E-state index contributed by atoms with van der Waals surface area (Å²) in [4.78, 5) is 4.22. The molecule has 0 bridgehead atoms. The Morgan fingerprint density at radius 3 is 2.57 bits per heavy atom. The second-order valence-corrected chi connectivity index (χ2v) is 4.01. The fourth-order valence-electron chi connectivity index (χ4n) is 1.55. The Morgan fingerprint density at radius 1 is 1.43 bits per heavy atom. The topological polar surface area (TPSA) is 33.1 Å². The molecule has 2 nitrogen and oxygen atoms in total. The molecule has 0 aliphatic heterocycles. The van der Waals surface area contributed by atoms with Gasteiger partial charge in [-0.2, -0.15) is 0 Å². The van der Waals surface area contributed by atoms with Crippen LogP contribution in [-0.2, 0) is 0 Å². The average molecular weight is 193 g/mol. The Bertz CT molecular complexity index is 309. The lowest BCUT2D eigenvalue weighted by Gasteiger charge is -2.19. The van der Waals surface area contributed by atoms with Gasteiger partial charge in [0.05, 0.1) is 6.10 Å². The molecule has 14 heavy (non-hydrogen) atoms. The summed E-state index contributed by atoms with van der Waals surface area (Å²) in [6, 6.07) is 2.01. The quantitative estimate of drug-likeness (QED) is 0.800. The molecular weight excluding hydrogens is 174 g/mol. The zero-order chi connectivity index (χ0) is 10.7. The average Bonchev–Trinajstić information content (AvgIpc) is 2.15. The summed E-state index contributed by atoms with van der Waals surface area (Å²) in [6.07, 6.45) is 2.39. The summed E-state index contributed by atoms with van der Waals surface area (Å²) in [6.45, 7) is 8.14. The number of aliphatic hydroxyl groups is 1. The molecule has 0 aromatic carbocycles. The normalized spacial score (nSPS) is 15.2. The monoisotopic (exact) mass is 193 g/mol. The first-order valence-electron chi connectivity index (χ1n) is 5.17. The van der Waals surface area contributed by atoms with Gasteiger partial charge in [0.2, 0.25) is 0 Å². The molecule has 0 amide bonds. The molecular formula is C12H19NO. The van der Waals surface area contributed by atoms with E-state index in [2.05, 4.69) is 18.8 Å². The molecule has 0 fully saturated rings. The Morgan fingerprint density at radius 2 is 2.07 bits per heavy atom. The zero-order valence-electron chi connectivity index (χ0n) is 9.41. The molecule has 2 heteroatoms. The number of rotatable bonds is 3. The Kier molecular flexibility index (Phi) is 3.64.